The van der Waals surface area contributed by atoms with Gasteiger partial charge in [-0.3, -0.25) is 14.6 Å². The molecule has 0 radical (unpaired) electrons. The molecule has 29 heavy (non-hydrogen) atoms. The standard InChI is InChI=1S/C22H31N3O4/c1-15(2)20(27)24-13-22(14-24)12-23(10-18-8-19(26)11-25(18)22)9-16-5-4-6-17(7-16)21(28)29-3/h4-7,15,18-19,26H,8-14H2,1-3H3. The molecule has 3 saturated heterocycles. The number of carbonyl (C=O) groups is 2. The molecule has 7 heteroatoms. The van der Waals surface area contributed by atoms with Gasteiger partial charge >= 0.3 is 5.97 Å². The topological polar surface area (TPSA) is 73.3 Å². The molecule has 0 aliphatic carbocycles. The number of β-amino-alcohol motifs (C(OH)–C–C–N with tert-alkyl or cyclic N) is 1. The van der Waals surface area contributed by atoms with E-state index >= 15 is 0 Å². The van der Waals surface area contributed by atoms with Crippen LogP contribution in [0.25, 0.3) is 0 Å². The number of benzene rings is 1. The Bertz CT molecular complexity index is 790. The van der Waals surface area contributed by atoms with Crippen LogP contribution in [0.1, 0.15) is 36.2 Å². The monoisotopic (exact) mass is 401 g/mol. The van der Waals surface area contributed by atoms with Crippen LogP contribution in [-0.2, 0) is 16.1 Å². The summed E-state index contributed by atoms with van der Waals surface area (Å²) in [5.74, 6) is -0.114. The zero-order valence-electron chi connectivity index (χ0n) is 17.5. The molecule has 7 nitrogen and oxygen atoms in total. The van der Waals surface area contributed by atoms with Crippen LogP contribution >= 0.6 is 0 Å². The van der Waals surface area contributed by atoms with Gasteiger partial charge < -0.3 is 14.7 Å². The molecule has 1 aromatic rings. The number of nitrogens with zero attached hydrogens (tertiary/aromatic N) is 3. The first-order valence-corrected chi connectivity index (χ1v) is 10.4. The lowest BCUT2D eigenvalue weighted by Crippen LogP contribution is -2.78. The summed E-state index contributed by atoms with van der Waals surface area (Å²) in [4.78, 5) is 31.1. The molecule has 3 aliphatic rings. The molecule has 4 rings (SSSR count). The van der Waals surface area contributed by atoms with Crippen molar-refractivity contribution >= 4 is 11.9 Å². The molecule has 3 heterocycles. The number of hydrogen-bond acceptors (Lipinski definition) is 6. The van der Waals surface area contributed by atoms with Gasteiger partial charge in [0.1, 0.15) is 0 Å². The lowest BCUT2D eigenvalue weighted by atomic mass is 9.83. The fraction of sp³-hybridized carbons (Fsp3) is 0.636. The quantitative estimate of drug-likeness (QED) is 0.758. The van der Waals surface area contributed by atoms with Gasteiger partial charge in [0.05, 0.1) is 24.3 Å². The highest BCUT2D eigenvalue weighted by Crippen LogP contribution is 2.39. The van der Waals surface area contributed by atoms with Gasteiger partial charge in [0.2, 0.25) is 5.91 Å². The van der Waals surface area contributed by atoms with E-state index < -0.39 is 0 Å². The average molecular weight is 402 g/mol. The van der Waals surface area contributed by atoms with Gasteiger partial charge in [-0.05, 0) is 24.1 Å². The number of rotatable bonds is 4. The Morgan fingerprint density at radius 3 is 2.69 bits per heavy atom. The summed E-state index contributed by atoms with van der Waals surface area (Å²) in [6.45, 7) is 8.53. The highest BCUT2D eigenvalue weighted by atomic mass is 16.5. The molecule has 2 unspecified atom stereocenters. The summed E-state index contributed by atoms with van der Waals surface area (Å²) in [7, 11) is 1.39. The number of piperazine rings is 1. The van der Waals surface area contributed by atoms with Crippen LogP contribution in [0.15, 0.2) is 24.3 Å². The first-order valence-electron chi connectivity index (χ1n) is 10.4. The van der Waals surface area contributed by atoms with Gasteiger partial charge in [0.15, 0.2) is 0 Å². The van der Waals surface area contributed by atoms with Crippen molar-refractivity contribution in [3.63, 3.8) is 0 Å². The number of likely N-dealkylation sites (tertiary alicyclic amines) is 1. The Balaban J connectivity index is 1.50. The lowest BCUT2D eigenvalue weighted by molar-refractivity contribution is -0.159. The van der Waals surface area contributed by atoms with Crippen LogP contribution in [0.4, 0.5) is 0 Å². The Morgan fingerprint density at radius 2 is 2.00 bits per heavy atom. The minimum absolute atomic E-state index is 0.00747. The highest BCUT2D eigenvalue weighted by molar-refractivity contribution is 5.89. The summed E-state index contributed by atoms with van der Waals surface area (Å²) in [5.41, 5.74) is 1.56. The largest absolute Gasteiger partial charge is 0.465 e. The second-order valence-electron chi connectivity index (χ2n) is 9.13. The van der Waals surface area contributed by atoms with Gasteiger partial charge in [-0.2, -0.15) is 0 Å². The van der Waals surface area contributed by atoms with E-state index in [0.29, 0.717) is 18.2 Å². The Kier molecular flexibility index (Phi) is 5.40. The minimum Gasteiger partial charge on any atom is -0.465 e. The van der Waals surface area contributed by atoms with E-state index in [9.17, 15) is 14.7 Å². The van der Waals surface area contributed by atoms with Crippen molar-refractivity contribution in [1.82, 2.24) is 14.7 Å². The van der Waals surface area contributed by atoms with Crippen LogP contribution in [0, 0.1) is 5.92 Å². The number of methoxy groups -OCH3 is 1. The predicted octanol–water partition coefficient (Wildman–Crippen LogP) is 0.961. The van der Waals surface area contributed by atoms with Crippen LogP contribution in [-0.4, -0.2) is 89.2 Å². The molecule has 3 fully saturated rings. The van der Waals surface area contributed by atoms with Crippen molar-refractivity contribution < 1.29 is 19.4 Å². The first kappa shape index (κ1) is 20.3. The molecule has 0 saturated carbocycles. The number of fused-ring (bicyclic) bond motifs is 2. The zero-order valence-corrected chi connectivity index (χ0v) is 17.5. The molecule has 2 atom stereocenters. The number of hydrogen-bond donors (Lipinski definition) is 1. The third kappa shape index (κ3) is 3.79. The Morgan fingerprint density at radius 1 is 1.24 bits per heavy atom. The van der Waals surface area contributed by atoms with E-state index in [-0.39, 0.29) is 29.4 Å². The molecular formula is C22H31N3O4. The number of ether oxygens (including phenoxy) is 1. The van der Waals surface area contributed by atoms with Crippen molar-refractivity contribution in [2.24, 2.45) is 5.92 Å². The smallest absolute Gasteiger partial charge is 0.337 e. The van der Waals surface area contributed by atoms with E-state index in [1.54, 1.807) is 6.07 Å². The third-order valence-electron chi connectivity index (χ3n) is 6.52. The van der Waals surface area contributed by atoms with Gasteiger partial charge in [0, 0.05) is 51.2 Å². The van der Waals surface area contributed by atoms with Gasteiger partial charge in [-0.15, -0.1) is 0 Å². The molecular weight excluding hydrogens is 370 g/mol. The number of esters is 1. The maximum atomic E-state index is 12.4. The van der Waals surface area contributed by atoms with Crippen LogP contribution in [0.3, 0.4) is 0 Å². The van der Waals surface area contributed by atoms with Gasteiger partial charge in [0.25, 0.3) is 0 Å². The molecule has 1 aromatic carbocycles. The van der Waals surface area contributed by atoms with Gasteiger partial charge in [-0.1, -0.05) is 26.0 Å². The van der Waals surface area contributed by atoms with Crippen molar-refractivity contribution in [3.05, 3.63) is 35.4 Å². The maximum Gasteiger partial charge on any atom is 0.337 e. The van der Waals surface area contributed by atoms with Crippen LogP contribution in [0.5, 0.6) is 0 Å². The molecule has 158 valence electrons. The Labute approximate surface area is 172 Å². The highest BCUT2D eigenvalue weighted by Gasteiger charge is 2.57. The third-order valence-corrected chi connectivity index (χ3v) is 6.52. The average Bonchev–Trinajstić information content (AvgIpc) is 3.04. The van der Waals surface area contributed by atoms with Crippen molar-refractivity contribution in [2.45, 2.75) is 44.5 Å². The number of carbonyl (C=O) groups excluding carboxylic acids is 2. The van der Waals surface area contributed by atoms with Crippen LogP contribution < -0.4 is 0 Å². The second kappa shape index (κ2) is 7.70. The van der Waals surface area contributed by atoms with E-state index in [1.165, 1.54) is 7.11 Å². The summed E-state index contributed by atoms with van der Waals surface area (Å²) in [6.07, 6.45) is 0.479. The molecule has 3 aliphatic heterocycles. The normalized spacial score (nSPS) is 26.4. The zero-order chi connectivity index (χ0) is 20.8. The van der Waals surface area contributed by atoms with E-state index in [2.05, 4.69) is 9.80 Å². The molecule has 0 bridgehead atoms. The fourth-order valence-electron chi connectivity index (χ4n) is 5.28. The molecule has 1 spiro atoms. The predicted molar refractivity (Wildman–Crippen MR) is 108 cm³/mol. The van der Waals surface area contributed by atoms with Crippen LogP contribution in [0.2, 0.25) is 0 Å². The summed E-state index contributed by atoms with van der Waals surface area (Å²) in [5, 5.41) is 10.3. The minimum atomic E-state index is -0.325. The number of aliphatic hydroxyl groups is 1. The summed E-state index contributed by atoms with van der Waals surface area (Å²) < 4.78 is 4.84. The number of aliphatic hydroxyl groups excluding tert-OH is 1. The van der Waals surface area contributed by atoms with Crippen molar-refractivity contribution in [3.8, 4) is 0 Å². The van der Waals surface area contributed by atoms with Gasteiger partial charge in [-0.25, -0.2) is 4.79 Å². The van der Waals surface area contributed by atoms with E-state index in [1.807, 2.05) is 36.9 Å². The molecule has 1 amide bonds. The Hall–Kier alpha value is -1.96. The fourth-order valence-corrected chi connectivity index (χ4v) is 5.28. The van der Waals surface area contributed by atoms with E-state index in [0.717, 1.165) is 44.7 Å². The first-order chi connectivity index (χ1) is 13.8. The molecule has 0 aromatic heterocycles. The lowest BCUT2D eigenvalue weighted by Gasteiger charge is -2.61. The SMILES string of the molecule is COC(=O)c1cccc(CN2CC3CC(O)CN3C3(C2)CN(C(=O)C(C)C)C3)c1. The van der Waals surface area contributed by atoms with Crippen molar-refractivity contribution in [2.75, 3.05) is 39.8 Å². The van der Waals surface area contributed by atoms with E-state index in [4.69, 9.17) is 4.74 Å². The number of amides is 1. The molecule has 1 N–H and O–H groups in total. The second-order valence-corrected chi connectivity index (χ2v) is 9.13. The maximum absolute atomic E-state index is 12.4. The summed E-state index contributed by atoms with van der Waals surface area (Å²) >= 11 is 0. The van der Waals surface area contributed by atoms with Crippen molar-refractivity contribution in [1.29, 1.82) is 0 Å². The summed E-state index contributed by atoms with van der Waals surface area (Å²) in [6, 6.07) is 7.88.